The Morgan fingerprint density at radius 1 is 0.466 bits per heavy atom. The summed E-state index contributed by atoms with van der Waals surface area (Å²) >= 11 is 1.66. The van der Waals surface area contributed by atoms with Crippen molar-refractivity contribution in [2.75, 3.05) is 92.4 Å². The summed E-state index contributed by atoms with van der Waals surface area (Å²) in [5.74, 6) is 2.44. The molecule has 3 fully saturated rings. The van der Waals surface area contributed by atoms with Gasteiger partial charge in [-0.05, 0) is 137 Å². The maximum atomic E-state index is 12.4. The molecule has 9 heterocycles. The van der Waals surface area contributed by atoms with Crippen molar-refractivity contribution >= 4 is 28.9 Å². The van der Waals surface area contributed by atoms with Crippen LogP contribution in [0.3, 0.4) is 0 Å². The van der Waals surface area contributed by atoms with Crippen LogP contribution in [0.2, 0.25) is 0 Å². The number of carbonyl (C=O) groups excluding carboxylic acids is 3. The largest absolute Gasteiger partial charge is 0.379 e. The van der Waals surface area contributed by atoms with Gasteiger partial charge in [0, 0.05) is 143 Å². The Morgan fingerprint density at radius 2 is 0.914 bits per heavy atom. The Balaban J connectivity index is 0.000000239. The van der Waals surface area contributed by atoms with Crippen LogP contribution >= 0.6 is 11.3 Å². The number of piperazine rings is 1. The highest BCUT2D eigenvalue weighted by Crippen LogP contribution is 2.31. The number of aryl methyl sites for hydroxylation is 6. The molecule has 9 aromatic rings. The molecule has 116 heavy (non-hydrogen) atoms. The Hall–Kier alpha value is -8.21. The van der Waals surface area contributed by atoms with Crippen LogP contribution in [-0.2, 0) is 73.4 Å². The van der Waals surface area contributed by atoms with Crippen molar-refractivity contribution in [2.24, 2.45) is 14.1 Å². The van der Waals surface area contributed by atoms with E-state index < -0.39 is 0 Å². The molecule has 3 aromatic carbocycles. The van der Waals surface area contributed by atoms with Crippen molar-refractivity contribution in [2.45, 2.75) is 263 Å². The summed E-state index contributed by atoms with van der Waals surface area (Å²) in [6, 6.07) is 24.0. The molecule has 0 spiro atoms. The van der Waals surface area contributed by atoms with E-state index in [9.17, 15) is 14.4 Å². The number of nitrogens with zero attached hydrogens (tertiary/aromatic N) is 14. The molecule has 0 atom stereocenters. The minimum Gasteiger partial charge on any atom is -0.379 e. The molecule has 640 valence electrons. The lowest BCUT2D eigenvalue weighted by Gasteiger charge is -2.32. The van der Waals surface area contributed by atoms with E-state index in [0.717, 1.165) is 122 Å². The highest BCUT2D eigenvalue weighted by Gasteiger charge is 2.27. The molecule has 0 N–H and O–H groups in total. The number of thiazole rings is 1. The van der Waals surface area contributed by atoms with E-state index in [4.69, 9.17) is 14.0 Å². The molecule has 0 bridgehead atoms. The molecule has 0 radical (unpaired) electrons. The van der Waals surface area contributed by atoms with Crippen LogP contribution in [-0.4, -0.2) is 179 Å². The van der Waals surface area contributed by atoms with E-state index in [0.29, 0.717) is 32.7 Å². The van der Waals surface area contributed by atoms with Crippen LogP contribution in [0.1, 0.15) is 285 Å². The smallest absolute Gasteiger partial charge is 0.254 e. The van der Waals surface area contributed by atoms with E-state index in [-0.39, 0.29) is 60.9 Å². The molecule has 12 rings (SSSR count). The summed E-state index contributed by atoms with van der Waals surface area (Å²) in [6.07, 6.45) is 15.5. The molecule has 21 heteroatoms. The molecule has 3 saturated heterocycles. The van der Waals surface area contributed by atoms with E-state index in [1.54, 1.807) is 17.5 Å². The molecule has 6 aromatic heterocycles. The Labute approximate surface area is 702 Å². The van der Waals surface area contributed by atoms with Gasteiger partial charge in [-0.2, -0.15) is 15.3 Å². The molecule has 0 saturated carbocycles. The van der Waals surface area contributed by atoms with Gasteiger partial charge in [0.2, 0.25) is 0 Å². The molecule has 3 aliphatic rings. The second-order valence-electron chi connectivity index (χ2n) is 39.1. The zero-order valence-corrected chi connectivity index (χ0v) is 78.3. The zero-order valence-electron chi connectivity index (χ0n) is 77.5. The number of imidazole rings is 1. The minimum atomic E-state index is 0.110. The summed E-state index contributed by atoms with van der Waals surface area (Å²) in [5.41, 5.74) is 16.0. The number of amides is 2. The van der Waals surface area contributed by atoms with Crippen LogP contribution in [0.4, 0.5) is 0 Å². The van der Waals surface area contributed by atoms with Gasteiger partial charge >= 0.3 is 0 Å². The number of hydrogen-bond acceptors (Lipinski definition) is 15. The summed E-state index contributed by atoms with van der Waals surface area (Å²) in [5, 5.41) is 19.8. The van der Waals surface area contributed by atoms with E-state index >= 15 is 0 Å². The fourth-order valence-electron chi connectivity index (χ4n) is 12.8. The normalized spacial score (nSPS) is 14.6. The average Bonchev–Trinajstić information content (AvgIpc) is 1.83. The number of aromatic nitrogens is 10. The van der Waals surface area contributed by atoms with Crippen molar-refractivity contribution in [3.63, 3.8) is 0 Å². The number of likely N-dealkylation sites (N-methyl/N-ethyl adjacent to an activating group) is 1. The van der Waals surface area contributed by atoms with Gasteiger partial charge in [0.05, 0.1) is 62.4 Å². The third-order valence-electron chi connectivity index (χ3n) is 20.4. The number of hydrogen-bond donors (Lipinski definition) is 0. The number of ketones is 1. The van der Waals surface area contributed by atoms with Gasteiger partial charge < -0.3 is 28.7 Å². The van der Waals surface area contributed by atoms with Gasteiger partial charge in [-0.25, -0.2) is 9.97 Å². The molecule has 2 amide bonds. The lowest BCUT2D eigenvalue weighted by Crippen LogP contribution is -2.47. The average molecular weight is 1610 g/mol. The van der Waals surface area contributed by atoms with Gasteiger partial charge in [0.15, 0.2) is 10.9 Å². The highest BCUT2D eigenvalue weighted by molar-refractivity contribution is 7.12. The Bertz CT molecular complexity index is 4380. The first-order valence-corrected chi connectivity index (χ1v) is 42.5. The van der Waals surface area contributed by atoms with Gasteiger partial charge in [-0.3, -0.25) is 37.9 Å². The molecule has 0 aliphatic carbocycles. The summed E-state index contributed by atoms with van der Waals surface area (Å²) in [7, 11) is 6.00. The second-order valence-corrected chi connectivity index (χ2v) is 40.0. The van der Waals surface area contributed by atoms with Crippen molar-refractivity contribution in [1.29, 1.82) is 0 Å². The van der Waals surface area contributed by atoms with Gasteiger partial charge in [0.1, 0.15) is 11.6 Å². The van der Waals surface area contributed by atoms with Gasteiger partial charge in [0.25, 0.3) is 11.8 Å². The van der Waals surface area contributed by atoms with Crippen molar-refractivity contribution in [3.05, 3.63) is 206 Å². The number of benzene rings is 3. The maximum Gasteiger partial charge on any atom is 0.254 e. The summed E-state index contributed by atoms with van der Waals surface area (Å²) in [6.45, 7) is 74.6. The van der Waals surface area contributed by atoms with Gasteiger partial charge in [-0.1, -0.05) is 227 Å². The lowest BCUT2D eigenvalue weighted by atomic mass is 9.86. The monoisotopic (exact) mass is 1610 g/mol. The van der Waals surface area contributed by atoms with E-state index in [1.807, 2.05) is 133 Å². The predicted molar refractivity (Wildman–Crippen MR) is 479 cm³/mol. The van der Waals surface area contributed by atoms with Crippen molar-refractivity contribution in [3.8, 4) is 5.13 Å². The molecular weight excluding hydrogens is 1470 g/mol. The first-order chi connectivity index (χ1) is 53.7. The van der Waals surface area contributed by atoms with E-state index in [2.05, 4.69) is 273 Å². The molecule has 20 nitrogen and oxygen atoms in total. The standard InChI is InChI=1S/C16H24N2O.C15H21NO2.C14H20O.C13H23N3O.C11H15N3S.C9H16N2.C9H15NO.C8H14N2/c1-16(2,3)14-7-5-13(6-8-14)15(19)18-11-9-17(4)10-12-18;1-15(2,3)13-6-4-12(5-7-13)14(17)16-8-10-18-11-9-16;1-5-6-13(15)11-7-9-12(10-8-11)14(2,3)4;1-13(2,3)12-10-14-16(11-12)5-4-15-6-8-17-9-7-15;1-8-12-5-6-14(8)10-13-9(7-15-10)11(2,3)4;1-7-8(9(2,3)4)6-11(5)10-7;1-6-8(9(3,4)5)7(2)11-10-6;1-8(2,3)7-5-9-10(4)6-7/h5-8H,9-12H2,1-4H3;4-7H,8-11H2,1-3H3;7-10H,5-6H2,1-4H3;10-11H,4-9H2,1-3H3;5-7H,1-4H3;6H,1-5H3;1-5H3;5-6H,1-4H3. The quantitative estimate of drug-likeness (QED) is 0.124. The van der Waals surface area contributed by atoms with Crippen LogP contribution in [0.15, 0.2) is 126 Å². The number of carbonyl (C=O) groups is 3. The molecule has 3 aliphatic heterocycles. The van der Waals surface area contributed by atoms with Gasteiger partial charge in [-0.15, -0.1) is 11.3 Å². The first kappa shape index (κ1) is 98.4. The van der Waals surface area contributed by atoms with Crippen LogP contribution in [0.25, 0.3) is 5.13 Å². The lowest BCUT2D eigenvalue weighted by molar-refractivity contribution is 0.0303. The molecular formula is C95H148N14O6S. The van der Waals surface area contributed by atoms with Crippen LogP contribution in [0, 0.1) is 27.7 Å². The topological polar surface area (TPSA) is 193 Å². The van der Waals surface area contributed by atoms with Crippen LogP contribution in [0.5, 0.6) is 0 Å². The SMILES string of the molecule is CC(C)(C)c1ccc(C(=O)N2CCOCC2)cc1.CC(C)(C)c1cnn(CCN2CCOCC2)c1.CCCC(=O)c1ccc(C(C)(C)C)cc1.CN1CCN(C(=O)c2ccc(C(C)(C)C)cc2)CC1.Cc1nccn1-c1nc(C(C)(C)C)cs1.Cc1nn(C)cc1C(C)(C)C.Cc1noc(C)c1C(C)(C)C.Cn1cc(C(C)(C)C)cn1. The van der Waals surface area contributed by atoms with Crippen molar-refractivity contribution in [1.82, 2.24) is 68.6 Å². The highest BCUT2D eigenvalue weighted by atomic mass is 32.1. The predicted octanol–water partition coefficient (Wildman–Crippen LogP) is 19.6. The van der Waals surface area contributed by atoms with Crippen LogP contribution < -0.4 is 0 Å². The summed E-state index contributed by atoms with van der Waals surface area (Å²) < 4.78 is 23.4. The minimum absolute atomic E-state index is 0.110. The number of morpholine rings is 2. The fourth-order valence-corrected chi connectivity index (χ4v) is 13.9. The van der Waals surface area contributed by atoms with Crippen molar-refractivity contribution < 1.29 is 28.4 Å². The Kier molecular flexibility index (Phi) is 36.4. The molecule has 0 unspecified atom stereocenters. The number of Topliss-reactive ketones (excluding diaryl/α,β-unsaturated/α-hetero) is 1. The second kappa shape index (κ2) is 43.0. The first-order valence-electron chi connectivity index (χ1n) is 41.6. The maximum absolute atomic E-state index is 12.4. The number of rotatable bonds is 9. The zero-order chi connectivity index (χ0) is 87.1. The van der Waals surface area contributed by atoms with E-state index in [1.165, 1.54) is 38.9 Å². The third kappa shape index (κ3) is 32.3. The fraction of sp³-hybridized carbons (Fsp3) is 0.589. The third-order valence-corrected chi connectivity index (χ3v) is 21.2. The summed E-state index contributed by atoms with van der Waals surface area (Å²) in [4.78, 5) is 53.5. The number of ether oxygens (including phenoxy) is 2. The Morgan fingerprint density at radius 3 is 1.25 bits per heavy atom.